The van der Waals surface area contributed by atoms with E-state index in [0.29, 0.717) is 11.7 Å². The van der Waals surface area contributed by atoms with E-state index in [1.54, 1.807) is 6.07 Å². The lowest BCUT2D eigenvalue weighted by Gasteiger charge is -2.28. The molecule has 204 valence electrons. The predicted octanol–water partition coefficient (Wildman–Crippen LogP) is 2.20. The fourth-order valence-electron chi connectivity index (χ4n) is 4.22. The maximum atomic E-state index is 13.1. The van der Waals surface area contributed by atoms with Gasteiger partial charge in [-0.2, -0.15) is 21.6 Å². The number of carbonyl (C=O) groups excluding carboxylic acids is 1. The van der Waals surface area contributed by atoms with E-state index >= 15 is 0 Å². The Hall–Kier alpha value is -3.20. The molecule has 0 fully saturated rings. The third-order valence-corrected chi connectivity index (χ3v) is 11.3. The second-order valence-corrected chi connectivity index (χ2v) is 13.3. The molecule has 0 unspecified atom stereocenters. The fraction of sp³-hybridized carbons (Fsp3) is 0.107. The molecular formula is C28H23BrF3O5PS. The molecule has 0 spiro atoms. The summed E-state index contributed by atoms with van der Waals surface area (Å²) in [5, 5.41) is 3.04. The highest BCUT2D eigenvalue weighted by molar-refractivity contribution is 7.95. The van der Waals surface area contributed by atoms with Crippen LogP contribution in [0, 0.1) is 0 Å². The second kappa shape index (κ2) is 12.3. The molecule has 0 amide bonds. The van der Waals surface area contributed by atoms with Crippen molar-refractivity contribution in [2.45, 2.75) is 11.7 Å². The van der Waals surface area contributed by atoms with Gasteiger partial charge in [-0.3, -0.25) is 0 Å². The van der Waals surface area contributed by atoms with Crippen molar-refractivity contribution < 1.29 is 52.3 Å². The summed E-state index contributed by atoms with van der Waals surface area (Å²) >= 11 is 0. The zero-order chi connectivity index (χ0) is 27.4. The highest BCUT2D eigenvalue weighted by Crippen LogP contribution is 2.58. The lowest BCUT2D eigenvalue weighted by Crippen LogP contribution is -3.00. The van der Waals surface area contributed by atoms with E-state index in [1.165, 1.54) is 12.1 Å². The lowest BCUT2D eigenvalue weighted by atomic mass is 10.1. The minimum absolute atomic E-state index is 0. The Bertz CT molecular complexity index is 1420. The molecular weight excluding hydrogens is 616 g/mol. The van der Waals surface area contributed by atoms with Crippen LogP contribution in [0.4, 0.5) is 13.2 Å². The second-order valence-electron chi connectivity index (χ2n) is 8.28. The Morgan fingerprint density at radius 3 is 1.59 bits per heavy atom. The van der Waals surface area contributed by atoms with Gasteiger partial charge in [0, 0.05) is 0 Å². The molecule has 0 heterocycles. The molecule has 0 N–H and O–H groups in total. The molecule has 0 atom stereocenters. The number of rotatable bonds is 8. The Kier molecular flexibility index (Phi) is 9.59. The zero-order valence-electron chi connectivity index (χ0n) is 20.5. The molecule has 4 aromatic carbocycles. The molecule has 0 aliphatic carbocycles. The van der Waals surface area contributed by atoms with Gasteiger partial charge in [0.2, 0.25) is 0 Å². The van der Waals surface area contributed by atoms with Crippen LogP contribution in [0.15, 0.2) is 109 Å². The van der Waals surface area contributed by atoms with Gasteiger partial charge in [0.05, 0.1) is 13.3 Å². The van der Waals surface area contributed by atoms with Crippen LogP contribution in [0.1, 0.15) is 15.9 Å². The Morgan fingerprint density at radius 1 is 0.769 bits per heavy atom. The van der Waals surface area contributed by atoms with Gasteiger partial charge in [-0.05, 0) is 54.1 Å². The largest absolute Gasteiger partial charge is 1.00 e. The molecule has 0 radical (unpaired) electrons. The third kappa shape index (κ3) is 6.35. The third-order valence-electron chi connectivity index (χ3n) is 5.94. The molecule has 0 bridgehead atoms. The van der Waals surface area contributed by atoms with Gasteiger partial charge < -0.3 is 25.9 Å². The van der Waals surface area contributed by atoms with E-state index in [2.05, 4.69) is 8.92 Å². The molecule has 0 aromatic heterocycles. The Balaban J connectivity index is 0.00000420. The average Bonchev–Trinajstić information content (AvgIpc) is 2.92. The van der Waals surface area contributed by atoms with Crippen LogP contribution in [-0.2, 0) is 21.0 Å². The Labute approximate surface area is 235 Å². The summed E-state index contributed by atoms with van der Waals surface area (Å²) in [6.07, 6.45) is 0.314. The van der Waals surface area contributed by atoms with Crippen LogP contribution in [0.5, 0.6) is 5.75 Å². The van der Waals surface area contributed by atoms with Crippen molar-refractivity contribution in [1.82, 2.24) is 0 Å². The lowest BCUT2D eigenvalue weighted by molar-refractivity contribution is -0.0500. The number of ether oxygens (including phenoxy) is 1. The first kappa shape index (κ1) is 30.3. The van der Waals surface area contributed by atoms with E-state index in [9.17, 15) is 26.4 Å². The predicted molar refractivity (Wildman–Crippen MR) is 142 cm³/mol. The normalized spacial score (nSPS) is 11.8. The maximum absolute atomic E-state index is 13.1. The molecule has 0 aliphatic heterocycles. The van der Waals surface area contributed by atoms with Gasteiger partial charge in [0.1, 0.15) is 28.7 Å². The first-order valence-electron chi connectivity index (χ1n) is 11.4. The molecule has 5 nitrogen and oxygen atoms in total. The minimum atomic E-state index is -6.03. The van der Waals surface area contributed by atoms with Crippen LogP contribution < -0.4 is 37.1 Å². The van der Waals surface area contributed by atoms with E-state index in [-0.39, 0.29) is 17.0 Å². The van der Waals surface area contributed by atoms with Crippen molar-refractivity contribution in [1.29, 1.82) is 0 Å². The number of benzene rings is 4. The number of alkyl halides is 3. The quantitative estimate of drug-likeness (QED) is 0.128. The van der Waals surface area contributed by atoms with Crippen molar-refractivity contribution >= 4 is 39.3 Å². The summed E-state index contributed by atoms with van der Waals surface area (Å²) in [5.74, 6) is -1.78. The first-order chi connectivity index (χ1) is 18.1. The summed E-state index contributed by atoms with van der Waals surface area (Å²) in [6.45, 7) is 0. The summed E-state index contributed by atoms with van der Waals surface area (Å²) in [4.78, 5) is 12.3. The number of methoxy groups -OCH3 is 1. The number of hydrogen-bond donors (Lipinski definition) is 0. The van der Waals surface area contributed by atoms with Crippen LogP contribution in [-0.4, -0.2) is 27.0 Å². The van der Waals surface area contributed by atoms with Gasteiger partial charge in [0.15, 0.2) is 5.75 Å². The number of esters is 1. The van der Waals surface area contributed by atoms with Gasteiger partial charge in [-0.25, -0.2) is 4.79 Å². The molecule has 4 aromatic rings. The van der Waals surface area contributed by atoms with Gasteiger partial charge in [-0.1, -0.05) is 60.7 Å². The molecule has 4 rings (SSSR count). The van der Waals surface area contributed by atoms with Crippen LogP contribution >= 0.6 is 7.26 Å². The zero-order valence-corrected chi connectivity index (χ0v) is 23.8. The fourth-order valence-corrected chi connectivity index (χ4v) is 8.92. The molecule has 0 saturated heterocycles. The van der Waals surface area contributed by atoms with E-state index in [4.69, 9.17) is 0 Å². The summed E-state index contributed by atoms with van der Waals surface area (Å²) in [6, 6.07) is 33.2. The maximum Gasteiger partial charge on any atom is 0.534 e. The van der Waals surface area contributed by atoms with Gasteiger partial charge >= 0.3 is 21.6 Å². The van der Waals surface area contributed by atoms with Crippen molar-refractivity contribution in [2.75, 3.05) is 7.11 Å². The van der Waals surface area contributed by atoms with E-state index in [1.807, 2.05) is 91.0 Å². The highest BCUT2D eigenvalue weighted by atomic mass is 79.9. The smallest absolute Gasteiger partial charge is 0.534 e. The van der Waals surface area contributed by atoms with Crippen molar-refractivity contribution in [3.63, 3.8) is 0 Å². The van der Waals surface area contributed by atoms with Gasteiger partial charge in [0.25, 0.3) is 0 Å². The standard InChI is InChI=1S/C28H23F3O5PS.BrH/c1-35-27(32)25-18-17-21(19-26(25)36-38(33,34)28(29,30)31)20-37(22-11-5-2-6-12-22,23-13-7-3-8-14-23)24-15-9-4-10-16-24;/h2-19H,20H2,1H3;1H/q+1;/p-1. The SMILES string of the molecule is COC(=O)c1ccc(C[P+](c2ccccc2)(c2ccccc2)c2ccccc2)cc1OS(=O)(=O)C(F)(F)F.[Br-]. The van der Waals surface area contributed by atoms with Crippen LogP contribution in [0.3, 0.4) is 0 Å². The van der Waals surface area contributed by atoms with E-state index < -0.39 is 40.2 Å². The molecule has 0 aliphatic rings. The summed E-state index contributed by atoms with van der Waals surface area (Å²) in [5.41, 5.74) is -5.63. The van der Waals surface area contributed by atoms with E-state index in [0.717, 1.165) is 23.0 Å². The molecule has 11 heteroatoms. The topological polar surface area (TPSA) is 69.7 Å². The number of halogens is 4. The average molecular weight is 639 g/mol. The molecule has 39 heavy (non-hydrogen) atoms. The minimum Gasteiger partial charge on any atom is -1.00 e. The summed E-state index contributed by atoms with van der Waals surface area (Å²) < 4.78 is 72.2. The number of carbonyl (C=O) groups is 1. The van der Waals surface area contributed by atoms with Crippen LogP contribution in [0.25, 0.3) is 0 Å². The summed E-state index contributed by atoms with van der Waals surface area (Å²) in [7, 11) is -7.46. The van der Waals surface area contributed by atoms with Crippen molar-refractivity contribution in [2.24, 2.45) is 0 Å². The first-order valence-corrected chi connectivity index (χ1v) is 14.7. The highest BCUT2D eigenvalue weighted by Gasteiger charge is 2.49. The Morgan fingerprint density at radius 2 is 1.21 bits per heavy atom. The van der Waals surface area contributed by atoms with Crippen molar-refractivity contribution in [3.05, 3.63) is 120 Å². The van der Waals surface area contributed by atoms with Gasteiger partial charge in [-0.15, -0.1) is 0 Å². The van der Waals surface area contributed by atoms with Crippen LogP contribution in [0.2, 0.25) is 0 Å². The molecule has 0 saturated carbocycles. The monoisotopic (exact) mass is 638 g/mol. The van der Waals surface area contributed by atoms with Crippen molar-refractivity contribution in [3.8, 4) is 5.75 Å². The number of hydrogen-bond acceptors (Lipinski definition) is 5.